The average Bonchev–Trinajstić information content (AvgIpc) is 3.28. The number of piperidine rings is 1. The summed E-state index contributed by atoms with van der Waals surface area (Å²) in [6.07, 6.45) is 4.07. The fourth-order valence-corrected chi connectivity index (χ4v) is 6.08. The first-order valence-electron chi connectivity index (χ1n) is 12.1. The molecule has 2 saturated heterocycles. The maximum Gasteiger partial charge on any atom is 0.218 e. The predicted molar refractivity (Wildman–Crippen MR) is 143 cm³/mol. The molecule has 2 heterocycles. The normalized spacial score (nSPS) is 20.5. The average molecular weight is 524 g/mol. The van der Waals surface area contributed by atoms with E-state index in [1.807, 2.05) is 18.2 Å². The largest absolute Gasteiger partial charge is 0.377 e. The molecule has 1 amide bonds. The van der Waals surface area contributed by atoms with Crippen molar-refractivity contribution in [1.29, 1.82) is 0 Å². The number of rotatable bonds is 8. The number of carbonyl (C=O) groups excluding carboxylic acids is 1. The molecule has 0 aromatic heterocycles. The molecule has 5 nitrogen and oxygen atoms in total. The van der Waals surface area contributed by atoms with Crippen molar-refractivity contribution in [3.05, 3.63) is 57.0 Å². The van der Waals surface area contributed by atoms with Crippen LogP contribution in [0.4, 0.5) is 11.4 Å². The Kier molecular flexibility index (Phi) is 8.52. The number of halogens is 3. The number of primary amides is 1. The Morgan fingerprint density at radius 2 is 1.76 bits per heavy atom. The number of hydrogen-bond donors (Lipinski definition) is 2. The molecule has 4 rings (SSSR count). The first-order chi connectivity index (χ1) is 16.3. The molecule has 2 aliphatic rings. The van der Waals surface area contributed by atoms with Crippen LogP contribution in [0.25, 0.3) is 0 Å². The van der Waals surface area contributed by atoms with E-state index in [9.17, 15) is 4.79 Å². The summed E-state index contributed by atoms with van der Waals surface area (Å²) < 4.78 is 0. The van der Waals surface area contributed by atoms with Crippen LogP contribution in [0.5, 0.6) is 0 Å². The van der Waals surface area contributed by atoms with Gasteiger partial charge < -0.3 is 20.9 Å². The van der Waals surface area contributed by atoms with E-state index in [1.54, 1.807) is 6.07 Å². The summed E-state index contributed by atoms with van der Waals surface area (Å²) in [7, 11) is 0. The molecule has 0 bridgehead atoms. The fraction of sp³-hybridized carbons (Fsp3) is 0.500. The Morgan fingerprint density at radius 3 is 2.47 bits per heavy atom. The van der Waals surface area contributed by atoms with Gasteiger partial charge in [-0.25, -0.2) is 0 Å². The Morgan fingerprint density at radius 1 is 1.03 bits per heavy atom. The number of carbonyl (C=O) groups is 1. The molecule has 2 aromatic rings. The highest BCUT2D eigenvalue weighted by Crippen LogP contribution is 2.36. The van der Waals surface area contributed by atoms with Gasteiger partial charge in [0, 0.05) is 48.3 Å². The zero-order valence-electron chi connectivity index (χ0n) is 19.6. The molecule has 3 N–H and O–H groups in total. The van der Waals surface area contributed by atoms with Gasteiger partial charge in [0.25, 0.3) is 0 Å². The van der Waals surface area contributed by atoms with Gasteiger partial charge in [-0.1, -0.05) is 40.9 Å². The molecule has 0 radical (unpaired) electrons. The van der Waals surface area contributed by atoms with Gasteiger partial charge in [-0.05, 0) is 80.5 Å². The molecule has 34 heavy (non-hydrogen) atoms. The van der Waals surface area contributed by atoms with Crippen LogP contribution in [0.15, 0.2) is 36.4 Å². The van der Waals surface area contributed by atoms with E-state index in [2.05, 4.69) is 34.2 Å². The Bertz CT molecular complexity index is 1010. The minimum atomic E-state index is -0.209. The fourth-order valence-electron chi connectivity index (χ4n) is 5.33. The van der Waals surface area contributed by atoms with Gasteiger partial charge in [0.2, 0.25) is 5.91 Å². The number of amides is 1. The summed E-state index contributed by atoms with van der Waals surface area (Å²) in [5.41, 5.74) is 8.39. The van der Waals surface area contributed by atoms with Crippen molar-refractivity contribution in [2.45, 2.75) is 38.6 Å². The lowest BCUT2D eigenvalue weighted by Gasteiger charge is -2.36. The molecule has 2 aliphatic heterocycles. The second-order valence-corrected chi connectivity index (χ2v) is 10.8. The first-order valence-corrected chi connectivity index (χ1v) is 13.2. The lowest BCUT2D eigenvalue weighted by atomic mass is 9.83. The van der Waals surface area contributed by atoms with Crippen LogP contribution in [-0.4, -0.2) is 43.5 Å². The van der Waals surface area contributed by atoms with E-state index in [4.69, 9.17) is 40.5 Å². The molecule has 2 aromatic carbocycles. The SMILES string of the molecule is CC(Nc1cc(N2CCC(C3CCN(CCC(N)=O)C3)CC2)ccc1Cl)c1ccc(Cl)cc1Cl. The third-order valence-corrected chi connectivity index (χ3v) is 8.20. The van der Waals surface area contributed by atoms with Crippen molar-refractivity contribution in [3.8, 4) is 0 Å². The van der Waals surface area contributed by atoms with E-state index in [0.717, 1.165) is 55.8 Å². The van der Waals surface area contributed by atoms with Gasteiger partial charge >= 0.3 is 0 Å². The Labute approximate surface area is 217 Å². The lowest BCUT2D eigenvalue weighted by molar-refractivity contribution is -0.118. The third-order valence-electron chi connectivity index (χ3n) is 7.31. The van der Waals surface area contributed by atoms with Crippen molar-refractivity contribution >= 4 is 52.1 Å². The predicted octanol–water partition coefficient (Wildman–Crippen LogP) is 6.23. The molecular formula is C26H33Cl3N4O. The number of nitrogens with one attached hydrogen (secondary N) is 1. The number of benzene rings is 2. The smallest absolute Gasteiger partial charge is 0.218 e. The summed E-state index contributed by atoms with van der Waals surface area (Å²) in [5.74, 6) is 1.26. The molecule has 2 unspecified atom stereocenters. The molecular weight excluding hydrogens is 491 g/mol. The van der Waals surface area contributed by atoms with Gasteiger partial charge in [-0.3, -0.25) is 4.79 Å². The molecule has 2 fully saturated rings. The summed E-state index contributed by atoms with van der Waals surface area (Å²) in [5, 5.41) is 5.48. The van der Waals surface area contributed by atoms with Gasteiger partial charge in [0.05, 0.1) is 16.8 Å². The summed E-state index contributed by atoms with van der Waals surface area (Å²) in [6.45, 7) is 7.13. The van der Waals surface area contributed by atoms with Crippen LogP contribution in [0.3, 0.4) is 0 Å². The highest BCUT2D eigenvalue weighted by molar-refractivity contribution is 6.35. The molecule has 2 atom stereocenters. The van der Waals surface area contributed by atoms with Crippen LogP contribution in [-0.2, 0) is 4.79 Å². The zero-order valence-corrected chi connectivity index (χ0v) is 21.8. The van der Waals surface area contributed by atoms with Crippen LogP contribution in [0.1, 0.15) is 44.2 Å². The second kappa shape index (κ2) is 11.4. The van der Waals surface area contributed by atoms with Gasteiger partial charge in [0.1, 0.15) is 0 Å². The highest BCUT2D eigenvalue weighted by atomic mass is 35.5. The van der Waals surface area contributed by atoms with Crippen LogP contribution in [0, 0.1) is 11.8 Å². The number of nitrogens with two attached hydrogens (primary N) is 1. The van der Waals surface area contributed by atoms with Crippen LogP contribution in [0.2, 0.25) is 15.1 Å². The van der Waals surface area contributed by atoms with Gasteiger partial charge in [0.15, 0.2) is 0 Å². The van der Waals surface area contributed by atoms with E-state index in [1.165, 1.54) is 24.9 Å². The maximum absolute atomic E-state index is 11.1. The van der Waals surface area contributed by atoms with E-state index in [0.29, 0.717) is 21.5 Å². The second-order valence-electron chi connectivity index (χ2n) is 9.59. The third kappa shape index (κ3) is 6.31. The molecule has 184 valence electrons. The van der Waals surface area contributed by atoms with Crippen LogP contribution >= 0.6 is 34.8 Å². The summed E-state index contributed by atoms with van der Waals surface area (Å²) >= 11 is 19.0. The minimum absolute atomic E-state index is 0.0110. The molecule has 8 heteroatoms. The van der Waals surface area contributed by atoms with Gasteiger partial charge in [-0.2, -0.15) is 0 Å². The van der Waals surface area contributed by atoms with E-state index < -0.39 is 0 Å². The van der Waals surface area contributed by atoms with Crippen molar-refractivity contribution in [2.24, 2.45) is 17.6 Å². The number of nitrogens with zero attached hydrogens (tertiary/aromatic N) is 2. The van der Waals surface area contributed by atoms with Crippen molar-refractivity contribution < 1.29 is 4.79 Å². The van der Waals surface area contributed by atoms with Crippen molar-refractivity contribution in [1.82, 2.24) is 4.90 Å². The highest BCUT2D eigenvalue weighted by Gasteiger charge is 2.32. The standard InChI is InChI=1S/C26H33Cl3N4O/c1-17(22-4-2-20(27)14-24(22)29)31-25-15-21(3-5-23(25)28)33-12-7-18(8-13-33)19-6-10-32(16-19)11-9-26(30)34/h2-5,14-15,17-19,31H,6-13,16H2,1H3,(H2,30,34). The molecule has 0 saturated carbocycles. The number of hydrogen-bond acceptors (Lipinski definition) is 4. The van der Waals surface area contributed by atoms with E-state index in [-0.39, 0.29) is 11.9 Å². The quantitative estimate of drug-likeness (QED) is 0.430. The lowest BCUT2D eigenvalue weighted by Crippen LogP contribution is -2.37. The summed E-state index contributed by atoms with van der Waals surface area (Å²) in [4.78, 5) is 15.9. The molecule has 0 spiro atoms. The van der Waals surface area contributed by atoms with E-state index >= 15 is 0 Å². The minimum Gasteiger partial charge on any atom is -0.377 e. The molecule has 0 aliphatic carbocycles. The first kappa shape index (κ1) is 25.4. The van der Waals surface area contributed by atoms with Crippen LogP contribution < -0.4 is 16.0 Å². The Balaban J connectivity index is 1.34. The van der Waals surface area contributed by atoms with Gasteiger partial charge in [-0.15, -0.1) is 0 Å². The zero-order chi connectivity index (χ0) is 24.2. The van der Waals surface area contributed by atoms with Crippen molar-refractivity contribution in [2.75, 3.05) is 42.9 Å². The number of likely N-dealkylation sites (tertiary alicyclic amines) is 1. The summed E-state index contributed by atoms with van der Waals surface area (Å²) in [6, 6.07) is 11.8. The topological polar surface area (TPSA) is 61.6 Å². The maximum atomic E-state index is 11.1. The number of anilines is 2. The van der Waals surface area contributed by atoms with Crippen molar-refractivity contribution in [3.63, 3.8) is 0 Å². The Hall–Kier alpha value is -1.66. The monoisotopic (exact) mass is 522 g/mol.